The zero-order valence-electron chi connectivity index (χ0n) is 15.8. The molecular weight excluding hydrogens is 505 g/mol. The molecule has 6 heteroatoms. The number of aliphatic imine (C=N–C) groups is 1. The minimum absolute atomic E-state index is 0. The summed E-state index contributed by atoms with van der Waals surface area (Å²) >= 11 is 3.71. The molecule has 0 aliphatic heterocycles. The summed E-state index contributed by atoms with van der Waals surface area (Å²) in [7, 11) is 3.65. The average molecular weight is 536 g/mol. The van der Waals surface area contributed by atoms with E-state index in [-0.39, 0.29) is 29.4 Å². The van der Waals surface area contributed by atoms with Crippen LogP contribution < -0.4 is 10.6 Å². The zero-order valence-corrected chi connectivity index (χ0v) is 19.7. The molecule has 146 valence electrons. The summed E-state index contributed by atoms with van der Waals surface area (Å²) in [5.74, 6) is 0.919. The van der Waals surface area contributed by atoms with Crippen molar-refractivity contribution in [2.24, 2.45) is 10.4 Å². The number of nitrogens with zero attached hydrogens (tertiary/aromatic N) is 1. The van der Waals surface area contributed by atoms with Gasteiger partial charge in [0.25, 0.3) is 0 Å². The van der Waals surface area contributed by atoms with Crippen molar-refractivity contribution in [2.75, 3.05) is 33.9 Å². The molecule has 2 aliphatic carbocycles. The van der Waals surface area contributed by atoms with Crippen LogP contribution in [0.15, 0.2) is 33.7 Å². The van der Waals surface area contributed by atoms with Gasteiger partial charge in [-0.1, -0.05) is 40.5 Å². The molecule has 0 spiro atoms. The SMILES string of the molecule is CN=C(NCC1(CCOC)CCC1)NCC1(c2ccccc2Br)CC1.I. The van der Waals surface area contributed by atoms with Gasteiger partial charge in [-0.05, 0) is 49.1 Å². The fourth-order valence-electron chi connectivity index (χ4n) is 3.84. The summed E-state index contributed by atoms with van der Waals surface area (Å²) < 4.78 is 6.50. The van der Waals surface area contributed by atoms with Crippen LogP contribution in [0.1, 0.15) is 44.1 Å². The van der Waals surface area contributed by atoms with Crippen molar-refractivity contribution in [1.29, 1.82) is 0 Å². The molecule has 1 aromatic carbocycles. The maximum Gasteiger partial charge on any atom is 0.191 e. The van der Waals surface area contributed by atoms with Crippen LogP contribution in [-0.2, 0) is 10.2 Å². The highest BCUT2D eigenvalue weighted by Crippen LogP contribution is 2.50. The van der Waals surface area contributed by atoms with Gasteiger partial charge in [0.15, 0.2) is 5.96 Å². The van der Waals surface area contributed by atoms with E-state index in [1.807, 2.05) is 7.05 Å². The van der Waals surface area contributed by atoms with E-state index in [4.69, 9.17) is 4.74 Å². The van der Waals surface area contributed by atoms with Crippen LogP contribution in [0.5, 0.6) is 0 Å². The maximum absolute atomic E-state index is 5.29. The quantitative estimate of drug-likeness (QED) is 0.293. The second kappa shape index (κ2) is 9.73. The summed E-state index contributed by atoms with van der Waals surface area (Å²) in [5.41, 5.74) is 2.06. The van der Waals surface area contributed by atoms with Crippen LogP contribution in [0.2, 0.25) is 0 Å². The molecule has 0 atom stereocenters. The molecule has 0 saturated heterocycles. The van der Waals surface area contributed by atoms with Crippen LogP contribution >= 0.6 is 39.9 Å². The third-order valence-corrected chi connectivity index (χ3v) is 6.69. The third kappa shape index (κ3) is 5.13. The van der Waals surface area contributed by atoms with E-state index < -0.39 is 0 Å². The number of halogens is 2. The van der Waals surface area contributed by atoms with E-state index in [1.165, 1.54) is 42.1 Å². The van der Waals surface area contributed by atoms with Crippen LogP contribution in [0.25, 0.3) is 0 Å². The molecule has 0 bridgehead atoms. The van der Waals surface area contributed by atoms with E-state index in [9.17, 15) is 0 Å². The molecule has 0 aromatic heterocycles. The molecule has 0 unspecified atom stereocenters. The predicted octanol–water partition coefficient (Wildman–Crippen LogP) is 4.47. The Kier molecular flexibility index (Phi) is 8.22. The Morgan fingerprint density at radius 1 is 1.15 bits per heavy atom. The lowest BCUT2D eigenvalue weighted by atomic mass is 9.67. The van der Waals surface area contributed by atoms with Gasteiger partial charge in [-0.2, -0.15) is 0 Å². The lowest BCUT2D eigenvalue weighted by Gasteiger charge is -2.42. The van der Waals surface area contributed by atoms with Gasteiger partial charge in [-0.3, -0.25) is 4.99 Å². The van der Waals surface area contributed by atoms with E-state index in [1.54, 1.807) is 7.11 Å². The standard InChI is InChI=1S/C20H30BrN3O.HI/c1-22-18(23-14-19(8-5-9-19)12-13-25-2)24-15-20(10-11-20)16-6-3-4-7-17(16)21;/h3-4,6-7H,5,8-15H2,1-2H3,(H2,22,23,24);1H. The van der Waals surface area contributed by atoms with Crippen molar-refractivity contribution in [1.82, 2.24) is 10.6 Å². The zero-order chi connectivity index (χ0) is 17.8. The minimum Gasteiger partial charge on any atom is -0.385 e. The van der Waals surface area contributed by atoms with Crippen molar-refractivity contribution in [3.63, 3.8) is 0 Å². The van der Waals surface area contributed by atoms with E-state index >= 15 is 0 Å². The molecule has 0 amide bonds. The number of rotatable bonds is 8. The highest BCUT2D eigenvalue weighted by molar-refractivity contribution is 14.0. The Labute approximate surface area is 183 Å². The number of ether oxygens (including phenoxy) is 1. The second-order valence-electron chi connectivity index (χ2n) is 7.64. The van der Waals surface area contributed by atoms with Crippen molar-refractivity contribution in [3.8, 4) is 0 Å². The number of methoxy groups -OCH3 is 1. The summed E-state index contributed by atoms with van der Waals surface area (Å²) in [6, 6.07) is 8.58. The lowest BCUT2D eigenvalue weighted by molar-refractivity contribution is 0.0732. The summed E-state index contributed by atoms with van der Waals surface area (Å²) in [6.07, 6.45) is 7.52. The van der Waals surface area contributed by atoms with Crippen LogP contribution in [-0.4, -0.2) is 39.8 Å². The maximum atomic E-state index is 5.29. The largest absolute Gasteiger partial charge is 0.385 e. The number of guanidine groups is 1. The van der Waals surface area contributed by atoms with Crippen LogP contribution in [0, 0.1) is 5.41 Å². The van der Waals surface area contributed by atoms with Gasteiger partial charge in [0.05, 0.1) is 0 Å². The first kappa shape index (κ1) is 22.0. The van der Waals surface area contributed by atoms with Crippen molar-refractivity contribution < 1.29 is 4.74 Å². The van der Waals surface area contributed by atoms with Crippen molar-refractivity contribution in [2.45, 2.75) is 43.9 Å². The van der Waals surface area contributed by atoms with Gasteiger partial charge in [-0.25, -0.2) is 0 Å². The molecule has 4 nitrogen and oxygen atoms in total. The third-order valence-electron chi connectivity index (χ3n) is 6.00. The Morgan fingerprint density at radius 2 is 1.85 bits per heavy atom. The fourth-order valence-corrected chi connectivity index (χ4v) is 4.54. The van der Waals surface area contributed by atoms with Gasteiger partial charge in [0, 0.05) is 43.7 Å². The van der Waals surface area contributed by atoms with Gasteiger partial charge in [0.1, 0.15) is 0 Å². The van der Waals surface area contributed by atoms with Gasteiger partial charge in [-0.15, -0.1) is 24.0 Å². The first-order chi connectivity index (χ1) is 12.1. The summed E-state index contributed by atoms with van der Waals surface area (Å²) in [5, 5.41) is 7.12. The first-order valence-electron chi connectivity index (χ1n) is 9.32. The van der Waals surface area contributed by atoms with E-state index in [2.05, 4.69) is 55.8 Å². The predicted molar refractivity (Wildman–Crippen MR) is 123 cm³/mol. The average Bonchev–Trinajstić information content (AvgIpc) is 3.37. The number of benzene rings is 1. The molecule has 3 rings (SSSR count). The number of hydrogen-bond acceptors (Lipinski definition) is 2. The van der Waals surface area contributed by atoms with Gasteiger partial charge in [0.2, 0.25) is 0 Å². The molecule has 0 radical (unpaired) electrons. The highest BCUT2D eigenvalue weighted by Gasteiger charge is 2.45. The molecule has 1 aromatic rings. The number of nitrogens with one attached hydrogen (secondary N) is 2. The van der Waals surface area contributed by atoms with Gasteiger partial charge >= 0.3 is 0 Å². The second-order valence-corrected chi connectivity index (χ2v) is 8.49. The normalized spacial score (nSPS) is 19.9. The molecule has 2 saturated carbocycles. The fraction of sp³-hybridized carbons (Fsp3) is 0.650. The Bertz CT molecular complexity index is 615. The minimum atomic E-state index is 0. The van der Waals surface area contributed by atoms with E-state index in [0.717, 1.165) is 32.1 Å². The molecular formula is C20H31BrIN3O. The number of hydrogen-bond donors (Lipinski definition) is 2. The topological polar surface area (TPSA) is 45.7 Å². The Balaban J connectivity index is 0.00000243. The summed E-state index contributed by atoms with van der Waals surface area (Å²) in [6.45, 7) is 2.76. The van der Waals surface area contributed by atoms with Crippen LogP contribution in [0.4, 0.5) is 0 Å². The van der Waals surface area contributed by atoms with Crippen LogP contribution in [0.3, 0.4) is 0 Å². The highest BCUT2D eigenvalue weighted by atomic mass is 127. The monoisotopic (exact) mass is 535 g/mol. The van der Waals surface area contributed by atoms with Crippen molar-refractivity contribution in [3.05, 3.63) is 34.3 Å². The molecule has 26 heavy (non-hydrogen) atoms. The Hall–Kier alpha value is -0.340. The first-order valence-corrected chi connectivity index (χ1v) is 10.1. The Morgan fingerprint density at radius 3 is 2.38 bits per heavy atom. The van der Waals surface area contributed by atoms with E-state index in [0.29, 0.717) is 5.41 Å². The molecule has 2 aliphatic rings. The lowest BCUT2D eigenvalue weighted by Crippen LogP contribution is -2.48. The van der Waals surface area contributed by atoms with Crippen molar-refractivity contribution >= 4 is 45.9 Å². The molecule has 2 N–H and O–H groups in total. The smallest absolute Gasteiger partial charge is 0.191 e. The molecule has 0 heterocycles. The summed E-state index contributed by atoms with van der Waals surface area (Å²) in [4.78, 5) is 4.43. The molecule has 2 fully saturated rings. The van der Waals surface area contributed by atoms with Gasteiger partial charge < -0.3 is 15.4 Å².